The minimum Gasteiger partial charge on any atom is -0.435 e. The second-order valence-corrected chi connectivity index (χ2v) is 6.82. The number of halogens is 1. The number of carboxylic acid groups (broad SMARTS) is 1. The highest BCUT2D eigenvalue weighted by molar-refractivity contribution is 14.1. The Balaban J connectivity index is 2.69. The molecule has 7 heteroatoms. The molecule has 0 aliphatic carbocycles. The largest absolute Gasteiger partial charge is 0.523 e. The number of carbonyl (C=O) groups excluding carboxylic acids is 1. The minimum atomic E-state index is -1.27. The van der Waals surface area contributed by atoms with Crippen molar-refractivity contribution in [3.8, 4) is 0 Å². The van der Waals surface area contributed by atoms with Crippen LogP contribution in [-0.2, 0) is 4.74 Å². The highest BCUT2D eigenvalue weighted by Crippen LogP contribution is 2.41. The first-order valence-corrected chi connectivity index (χ1v) is 6.75. The van der Waals surface area contributed by atoms with Gasteiger partial charge in [-0.05, 0) is 27.7 Å². The quantitative estimate of drug-likeness (QED) is 0.542. The van der Waals surface area contributed by atoms with E-state index in [2.05, 4.69) is 53.7 Å². The van der Waals surface area contributed by atoms with Crippen molar-refractivity contribution < 1.29 is 24.7 Å². The summed E-state index contributed by atoms with van der Waals surface area (Å²) < 4.78 is 7.46. The van der Waals surface area contributed by atoms with E-state index in [1.54, 1.807) is 0 Å². The van der Waals surface area contributed by atoms with Crippen molar-refractivity contribution in [2.45, 2.75) is 57.7 Å². The normalized spacial score (nSPS) is 23.6. The number of quaternary nitrogens is 1. The number of amides is 2. The zero-order valence-corrected chi connectivity index (χ0v) is 13.2. The van der Waals surface area contributed by atoms with Crippen LogP contribution in [-0.4, -0.2) is 37.6 Å². The zero-order valence-electron chi connectivity index (χ0n) is 11.1. The Morgan fingerprint density at radius 3 is 2.11 bits per heavy atom. The van der Waals surface area contributed by atoms with Crippen molar-refractivity contribution in [2.24, 2.45) is 0 Å². The zero-order chi connectivity index (χ0) is 14.1. The number of primary amides is 2. The number of nitrogens with zero attached hydrogens (tertiary/aromatic N) is 1. The number of imide groups is 1. The molecule has 6 nitrogen and oxygen atoms in total. The van der Waals surface area contributed by atoms with Crippen molar-refractivity contribution in [2.75, 3.05) is 0 Å². The second-order valence-electron chi connectivity index (χ2n) is 5.86. The summed E-state index contributed by atoms with van der Waals surface area (Å²) in [6.45, 7) is 8.34. The molecule has 3 N–H and O–H groups in total. The Morgan fingerprint density at radius 1 is 1.28 bits per heavy atom. The van der Waals surface area contributed by atoms with Gasteiger partial charge < -0.3 is 9.84 Å². The molecular formula is C11H20IN2O4+. The molecule has 0 radical (unpaired) electrons. The number of nitrogens with two attached hydrogens (primary N) is 1. The predicted octanol–water partition coefficient (Wildman–Crippen LogP) is 1.74. The third kappa shape index (κ3) is 3.79. The molecule has 1 saturated heterocycles. The summed E-state index contributed by atoms with van der Waals surface area (Å²) in [5.41, 5.74) is -0.201. The van der Waals surface area contributed by atoms with E-state index in [4.69, 9.17) is 9.84 Å². The Kier molecular flexibility index (Phi) is 4.60. The molecule has 1 aliphatic heterocycles. The lowest BCUT2D eigenvalue weighted by Gasteiger charge is -2.51. The van der Waals surface area contributed by atoms with Crippen LogP contribution in [0.1, 0.15) is 40.5 Å². The van der Waals surface area contributed by atoms with Crippen LogP contribution in [0.2, 0.25) is 0 Å². The first-order chi connectivity index (χ1) is 8.04. The standard InChI is InChI=1S/C11H19IN2O4/c1-10(2)5-7(6-11(3,4)14(10)12)18-9(17)13-8(15)16/h7H,5-6H2,1-4H3,(H,13,17)(H,15,16)/p+1. The fourth-order valence-electron chi connectivity index (χ4n) is 2.55. The number of ether oxygens (including phenoxy) is 1. The molecule has 0 atom stereocenters. The molecule has 1 fully saturated rings. The van der Waals surface area contributed by atoms with Crippen molar-refractivity contribution in [3.05, 3.63) is 0 Å². The summed E-state index contributed by atoms with van der Waals surface area (Å²) in [5.74, 6) is 0. The molecule has 0 aromatic carbocycles. The molecule has 0 saturated carbocycles. The predicted molar refractivity (Wildman–Crippen MR) is 73.5 cm³/mol. The van der Waals surface area contributed by atoms with Gasteiger partial charge >= 0.3 is 12.2 Å². The average Bonchev–Trinajstić information content (AvgIpc) is 2.11. The molecule has 18 heavy (non-hydrogen) atoms. The fraction of sp³-hybridized carbons (Fsp3) is 0.818. The molecule has 104 valence electrons. The molecule has 1 heterocycles. The molecule has 0 aromatic rings. The van der Waals surface area contributed by atoms with Gasteiger partial charge in [0.05, 0.1) is 0 Å². The monoisotopic (exact) mass is 371 g/mol. The maximum absolute atomic E-state index is 11.4. The summed E-state index contributed by atoms with van der Waals surface area (Å²) in [7, 11) is 0. The van der Waals surface area contributed by atoms with Gasteiger partial charge in [0.2, 0.25) is 0 Å². The Labute approximate surface area is 121 Å². The topological polar surface area (TPSA) is 83.4 Å². The van der Waals surface area contributed by atoms with Crippen LogP contribution in [0.25, 0.3) is 0 Å². The molecule has 0 bridgehead atoms. The summed E-state index contributed by atoms with van der Waals surface area (Å²) in [6, 6.07) is 0. The lowest BCUT2D eigenvalue weighted by Crippen LogP contribution is -2.91. The number of carbonyl (C=O) groups is 2. The van der Waals surface area contributed by atoms with Gasteiger partial charge in [-0.2, -0.15) is 9.59 Å². The molecular weight excluding hydrogens is 351 g/mol. The summed E-state index contributed by atoms with van der Waals surface area (Å²) in [4.78, 5) is 21.7. The van der Waals surface area contributed by atoms with E-state index in [0.29, 0.717) is 18.2 Å². The van der Waals surface area contributed by atoms with E-state index < -0.39 is 12.2 Å². The van der Waals surface area contributed by atoms with Crippen LogP contribution in [0.5, 0.6) is 0 Å². The van der Waals surface area contributed by atoms with Gasteiger partial charge in [-0.3, -0.25) is 0 Å². The van der Waals surface area contributed by atoms with Crippen LogP contribution in [0.4, 0.5) is 9.59 Å². The Bertz CT molecular complexity index is 339. The molecule has 2 amide bonds. The highest BCUT2D eigenvalue weighted by atomic mass is 127. The lowest BCUT2D eigenvalue weighted by molar-refractivity contribution is -0.486. The number of rotatable bonds is 1. The molecule has 1 rings (SSSR count). The van der Waals surface area contributed by atoms with Gasteiger partial charge in [0.15, 0.2) is 0 Å². The van der Waals surface area contributed by atoms with Crippen LogP contribution >= 0.6 is 22.9 Å². The van der Waals surface area contributed by atoms with E-state index in [0.717, 1.165) is 0 Å². The average molecular weight is 371 g/mol. The third-order valence-electron chi connectivity index (χ3n) is 3.04. The van der Waals surface area contributed by atoms with Crippen LogP contribution < -0.4 is 5.32 Å². The van der Waals surface area contributed by atoms with E-state index >= 15 is 0 Å². The maximum Gasteiger partial charge on any atom is 0.523 e. The first kappa shape index (κ1) is 15.6. The number of piperidine rings is 1. The van der Waals surface area contributed by atoms with Gasteiger partial charge in [0.1, 0.15) is 6.10 Å². The van der Waals surface area contributed by atoms with E-state index in [-0.39, 0.29) is 17.2 Å². The molecule has 1 aliphatic rings. The van der Waals surface area contributed by atoms with Crippen LogP contribution in [0.15, 0.2) is 0 Å². The minimum absolute atomic E-state index is 0.101. The lowest BCUT2D eigenvalue weighted by atomic mass is 9.81. The maximum atomic E-state index is 11.4. The second kappa shape index (κ2) is 5.30. The van der Waals surface area contributed by atoms with Crippen molar-refractivity contribution in [1.29, 1.82) is 0 Å². The van der Waals surface area contributed by atoms with Crippen LogP contribution in [0.3, 0.4) is 0 Å². The number of hydrogen-bond acceptors (Lipinski definition) is 4. The Hall–Kier alpha value is -0.410. The van der Waals surface area contributed by atoms with Gasteiger partial charge in [-0.1, -0.05) is 0 Å². The number of hydrogen-bond donors (Lipinski definition) is 2. The molecule has 0 spiro atoms. The van der Waals surface area contributed by atoms with Crippen molar-refractivity contribution in [1.82, 2.24) is 3.11 Å². The summed E-state index contributed by atoms with van der Waals surface area (Å²) in [6.07, 6.45) is -0.910. The smallest absolute Gasteiger partial charge is 0.435 e. The fourth-order valence-corrected chi connectivity index (χ4v) is 2.94. The molecule has 0 unspecified atom stereocenters. The molecule has 0 aromatic heterocycles. The van der Waals surface area contributed by atoms with Gasteiger partial charge in [0.25, 0.3) is 0 Å². The van der Waals surface area contributed by atoms with Crippen LogP contribution in [0, 0.1) is 0 Å². The summed E-state index contributed by atoms with van der Waals surface area (Å²) >= 11 is 2.30. The van der Waals surface area contributed by atoms with Gasteiger partial charge in [-0.25, -0.2) is 3.11 Å². The van der Waals surface area contributed by atoms with Gasteiger partial charge in [0, 0.05) is 46.8 Å². The third-order valence-corrected chi connectivity index (χ3v) is 5.65. The van der Waals surface area contributed by atoms with Crippen molar-refractivity contribution >= 4 is 35.1 Å². The van der Waals surface area contributed by atoms with Gasteiger partial charge in [-0.15, -0.1) is 5.32 Å². The highest BCUT2D eigenvalue weighted by Gasteiger charge is 2.46. The first-order valence-electron chi connectivity index (χ1n) is 5.79. The Morgan fingerprint density at radius 2 is 1.72 bits per heavy atom. The summed E-state index contributed by atoms with van der Waals surface area (Å²) in [5, 5.41) is 9.06. The van der Waals surface area contributed by atoms with Crippen molar-refractivity contribution in [3.63, 3.8) is 0 Å². The van der Waals surface area contributed by atoms with E-state index in [1.807, 2.05) is 0 Å². The van der Waals surface area contributed by atoms with E-state index in [9.17, 15) is 9.59 Å². The SMILES string of the molecule is CC1(C)CC(OC(=O)[NH2+]C(=O)O)CC(C)(C)N1I. The van der Waals surface area contributed by atoms with E-state index in [1.165, 1.54) is 0 Å².